The molecule has 0 spiro atoms. The Morgan fingerprint density at radius 2 is 1.82 bits per heavy atom. The third-order valence-corrected chi connectivity index (χ3v) is 4.06. The van der Waals surface area contributed by atoms with E-state index >= 15 is 0 Å². The zero-order valence-corrected chi connectivity index (χ0v) is 14.8. The number of carboxylic acid groups (broad SMARTS) is 1. The molecule has 0 aliphatic heterocycles. The third kappa shape index (κ3) is 5.00. The molecule has 1 aromatic heterocycles. The zero-order chi connectivity index (χ0) is 19.9. The number of aryl methyl sites for hydroxylation is 1. The van der Waals surface area contributed by atoms with Crippen molar-refractivity contribution < 1.29 is 23.6 Å². The highest BCUT2D eigenvalue weighted by molar-refractivity contribution is 5.78. The molecule has 0 saturated heterocycles. The number of nitrogens with one attached hydrogen (secondary N) is 1. The number of carboxylic acids is 1. The lowest BCUT2D eigenvalue weighted by molar-refractivity contribution is -0.137. The molecule has 0 fully saturated rings. The molecule has 7 nitrogen and oxygen atoms in total. The number of rotatable bonds is 8. The van der Waals surface area contributed by atoms with Crippen LogP contribution in [0.2, 0.25) is 0 Å². The molecule has 2 N–H and O–H groups in total. The Balaban J connectivity index is 1.60. The fourth-order valence-electron chi connectivity index (χ4n) is 2.71. The lowest BCUT2D eigenvalue weighted by Crippen LogP contribution is -2.30. The minimum absolute atomic E-state index is 0.0296. The number of hydrogen-bond donors (Lipinski definition) is 2. The first-order valence-corrected chi connectivity index (χ1v) is 8.66. The largest absolute Gasteiger partial charge is 0.481 e. The lowest BCUT2D eigenvalue weighted by Gasteiger charge is -2.17. The van der Waals surface area contributed by atoms with Crippen LogP contribution in [0.5, 0.6) is 0 Å². The second-order valence-corrected chi connectivity index (χ2v) is 6.12. The van der Waals surface area contributed by atoms with Gasteiger partial charge < -0.3 is 14.9 Å². The van der Waals surface area contributed by atoms with Gasteiger partial charge in [-0.1, -0.05) is 47.6 Å². The standard InChI is InChI=1S/C20H18FN3O4/c21-15-9-5-4-8-14(15)20-23-18(28-24-20)11-10-17(25)22-16(12-19(26)27)13-6-2-1-3-7-13/h1-9,16H,10-12H2,(H,22,25)(H,26,27)/t16-/m0/s1. The van der Waals surface area contributed by atoms with Crippen molar-refractivity contribution in [1.29, 1.82) is 0 Å². The van der Waals surface area contributed by atoms with Gasteiger partial charge in [-0.05, 0) is 17.7 Å². The highest BCUT2D eigenvalue weighted by atomic mass is 19.1. The van der Waals surface area contributed by atoms with E-state index < -0.39 is 17.8 Å². The van der Waals surface area contributed by atoms with Crippen molar-refractivity contribution in [3.63, 3.8) is 0 Å². The summed E-state index contributed by atoms with van der Waals surface area (Å²) in [6, 6.07) is 14.3. The molecule has 0 bridgehead atoms. The number of carbonyl (C=O) groups excluding carboxylic acids is 1. The van der Waals surface area contributed by atoms with Crippen LogP contribution in [-0.2, 0) is 16.0 Å². The Bertz CT molecular complexity index is 959. The van der Waals surface area contributed by atoms with Crippen molar-refractivity contribution >= 4 is 11.9 Å². The van der Waals surface area contributed by atoms with Gasteiger partial charge in [-0.15, -0.1) is 0 Å². The zero-order valence-electron chi connectivity index (χ0n) is 14.8. The van der Waals surface area contributed by atoms with Gasteiger partial charge in [-0.25, -0.2) is 4.39 Å². The number of carbonyl (C=O) groups is 2. The molecular weight excluding hydrogens is 365 g/mol. The molecule has 1 heterocycles. The van der Waals surface area contributed by atoms with Crippen LogP contribution >= 0.6 is 0 Å². The average molecular weight is 383 g/mol. The van der Waals surface area contributed by atoms with Gasteiger partial charge in [0.15, 0.2) is 0 Å². The van der Waals surface area contributed by atoms with Gasteiger partial charge in [-0.3, -0.25) is 9.59 Å². The molecular formula is C20H18FN3O4. The summed E-state index contributed by atoms with van der Waals surface area (Å²) in [6.45, 7) is 0. The quantitative estimate of drug-likeness (QED) is 0.619. The molecule has 28 heavy (non-hydrogen) atoms. The van der Waals surface area contributed by atoms with Gasteiger partial charge in [0.25, 0.3) is 0 Å². The first-order chi connectivity index (χ1) is 13.5. The summed E-state index contributed by atoms with van der Waals surface area (Å²) >= 11 is 0. The van der Waals surface area contributed by atoms with Crippen molar-refractivity contribution in [2.75, 3.05) is 0 Å². The van der Waals surface area contributed by atoms with Crippen LogP contribution in [0, 0.1) is 5.82 Å². The molecule has 0 aliphatic rings. The summed E-state index contributed by atoms with van der Waals surface area (Å²) in [5.74, 6) is -1.52. The molecule has 0 saturated carbocycles. The molecule has 0 aliphatic carbocycles. The minimum Gasteiger partial charge on any atom is -0.481 e. The van der Waals surface area contributed by atoms with E-state index in [9.17, 15) is 14.0 Å². The Kier molecular flexibility index (Phi) is 6.11. The highest BCUT2D eigenvalue weighted by Crippen LogP contribution is 2.20. The van der Waals surface area contributed by atoms with Gasteiger partial charge in [0.1, 0.15) is 5.82 Å². The second-order valence-electron chi connectivity index (χ2n) is 6.12. The van der Waals surface area contributed by atoms with E-state index in [1.54, 1.807) is 36.4 Å². The number of aliphatic carboxylic acids is 1. The van der Waals surface area contributed by atoms with Gasteiger partial charge in [0.05, 0.1) is 18.0 Å². The number of halogens is 1. The predicted molar refractivity (Wildman–Crippen MR) is 97.6 cm³/mol. The maximum absolute atomic E-state index is 13.8. The molecule has 3 aromatic rings. The van der Waals surface area contributed by atoms with Crippen molar-refractivity contribution in [3.8, 4) is 11.4 Å². The summed E-state index contributed by atoms with van der Waals surface area (Å²) < 4.78 is 18.9. The Morgan fingerprint density at radius 1 is 1.11 bits per heavy atom. The van der Waals surface area contributed by atoms with Gasteiger partial charge in [0, 0.05) is 12.8 Å². The summed E-state index contributed by atoms with van der Waals surface area (Å²) in [6.07, 6.45) is -0.0442. The number of amides is 1. The van der Waals surface area contributed by atoms with E-state index in [0.717, 1.165) is 0 Å². The van der Waals surface area contributed by atoms with E-state index in [2.05, 4.69) is 15.5 Å². The number of benzene rings is 2. The fourth-order valence-corrected chi connectivity index (χ4v) is 2.71. The van der Waals surface area contributed by atoms with Crippen LogP contribution < -0.4 is 5.32 Å². The summed E-state index contributed by atoms with van der Waals surface area (Å²) in [7, 11) is 0. The van der Waals surface area contributed by atoms with E-state index in [1.165, 1.54) is 12.1 Å². The van der Waals surface area contributed by atoms with E-state index in [-0.39, 0.29) is 42.4 Å². The van der Waals surface area contributed by atoms with Crippen molar-refractivity contribution in [2.45, 2.75) is 25.3 Å². The number of nitrogens with zero attached hydrogens (tertiary/aromatic N) is 2. The first-order valence-electron chi connectivity index (χ1n) is 8.66. The second kappa shape index (κ2) is 8.90. The van der Waals surface area contributed by atoms with Crippen LogP contribution in [0.25, 0.3) is 11.4 Å². The number of aromatic nitrogens is 2. The van der Waals surface area contributed by atoms with Crippen molar-refractivity contribution in [2.24, 2.45) is 0 Å². The summed E-state index contributed by atoms with van der Waals surface area (Å²) in [5.41, 5.74) is 0.922. The van der Waals surface area contributed by atoms with Crippen molar-refractivity contribution in [1.82, 2.24) is 15.5 Å². The maximum atomic E-state index is 13.8. The molecule has 1 amide bonds. The van der Waals surface area contributed by atoms with E-state index in [4.69, 9.17) is 9.63 Å². The summed E-state index contributed by atoms with van der Waals surface area (Å²) in [4.78, 5) is 27.5. The van der Waals surface area contributed by atoms with E-state index in [1.807, 2.05) is 6.07 Å². The van der Waals surface area contributed by atoms with Crippen molar-refractivity contribution in [3.05, 3.63) is 71.9 Å². The molecule has 144 valence electrons. The lowest BCUT2D eigenvalue weighted by atomic mass is 10.0. The SMILES string of the molecule is O=C(O)C[C@H](NC(=O)CCc1nc(-c2ccccc2F)no1)c1ccccc1. The Morgan fingerprint density at radius 3 is 2.54 bits per heavy atom. The maximum Gasteiger partial charge on any atom is 0.305 e. The van der Waals surface area contributed by atoms with Gasteiger partial charge in [0.2, 0.25) is 17.6 Å². The molecule has 8 heteroatoms. The summed E-state index contributed by atoms with van der Waals surface area (Å²) in [5, 5.41) is 15.5. The molecule has 2 aromatic carbocycles. The first kappa shape index (κ1) is 19.2. The number of hydrogen-bond acceptors (Lipinski definition) is 5. The Labute approximate surface area is 160 Å². The van der Waals surface area contributed by atoms with Gasteiger partial charge in [-0.2, -0.15) is 4.98 Å². The predicted octanol–water partition coefficient (Wildman–Crippen LogP) is 3.14. The highest BCUT2D eigenvalue weighted by Gasteiger charge is 2.19. The van der Waals surface area contributed by atoms with Crippen LogP contribution in [0.15, 0.2) is 59.1 Å². The smallest absolute Gasteiger partial charge is 0.305 e. The van der Waals surface area contributed by atoms with Crippen LogP contribution in [0.1, 0.15) is 30.3 Å². The van der Waals surface area contributed by atoms with Crippen LogP contribution in [-0.4, -0.2) is 27.1 Å². The molecule has 0 radical (unpaired) electrons. The average Bonchev–Trinajstić information content (AvgIpc) is 3.15. The van der Waals surface area contributed by atoms with Gasteiger partial charge >= 0.3 is 5.97 Å². The van der Waals surface area contributed by atoms with Crippen LogP contribution in [0.4, 0.5) is 4.39 Å². The normalized spacial score (nSPS) is 11.8. The minimum atomic E-state index is -1.01. The van der Waals surface area contributed by atoms with Crippen LogP contribution in [0.3, 0.4) is 0 Å². The molecule has 0 unspecified atom stereocenters. The Hall–Kier alpha value is -3.55. The molecule has 1 atom stereocenters. The third-order valence-electron chi connectivity index (χ3n) is 4.06. The molecule has 3 rings (SSSR count). The monoisotopic (exact) mass is 383 g/mol. The fraction of sp³-hybridized carbons (Fsp3) is 0.200. The topological polar surface area (TPSA) is 105 Å². The van der Waals surface area contributed by atoms with E-state index in [0.29, 0.717) is 5.56 Å².